The Morgan fingerprint density at radius 2 is 1.47 bits per heavy atom. The third-order valence-corrected chi connectivity index (χ3v) is 6.49. The summed E-state index contributed by atoms with van der Waals surface area (Å²) in [4.78, 5) is 27.4. The number of fused-ring (bicyclic) bond motifs is 5. The van der Waals surface area contributed by atoms with Gasteiger partial charge in [-0.25, -0.2) is 4.90 Å². The van der Waals surface area contributed by atoms with Crippen molar-refractivity contribution in [1.82, 2.24) is 0 Å². The molecule has 2 amide bonds. The van der Waals surface area contributed by atoms with E-state index in [9.17, 15) is 22.8 Å². The van der Waals surface area contributed by atoms with Crippen molar-refractivity contribution in [1.29, 1.82) is 0 Å². The standard InChI is InChI=1S/C24H18F3NO2/c1-13(14-6-3-2-4-7-14)19-17-10-11-18(19)21-20(17)22(29)28(23(21)30)16-9-5-8-15(12-16)24(25,26)27/h2-12,17-18,20-21H,1H3/t17-,18-,20-,21+/m1/s1. The van der Waals surface area contributed by atoms with Crippen LogP contribution < -0.4 is 4.90 Å². The zero-order valence-corrected chi connectivity index (χ0v) is 16.1. The molecular formula is C24H18F3NO2. The molecule has 2 aliphatic carbocycles. The average Bonchev–Trinajstić information content (AvgIpc) is 3.37. The number of imide groups is 1. The number of allylic oxidation sites excluding steroid dienone is 4. The molecule has 0 aromatic heterocycles. The zero-order valence-electron chi connectivity index (χ0n) is 16.1. The summed E-state index contributed by atoms with van der Waals surface area (Å²) < 4.78 is 39.3. The van der Waals surface area contributed by atoms with Crippen molar-refractivity contribution in [2.75, 3.05) is 4.90 Å². The van der Waals surface area contributed by atoms with Crippen LogP contribution in [0, 0.1) is 23.7 Å². The van der Waals surface area contributed by atoms with Crippen LogP contribution in [0.25, 0.3) is 5.57 Å². The smallest absolute Gasteiger partial charge is 0.274 e. The van der Waals surface area contributed by atoms with Gasteiger partial charge in [-0.2, -0.15) is 13.2 Å². The molecular weight excluding hydrogens is 391 g/mol. The number of amides is 2. The van der Waals surface area contributed by atoms with Crippen molar-refractivity contribution < 1.29 is 22.8 Å². The molecule has 30 heavy (non-hydrogen) atoms. The zero-order chi connectivity index (χ0) is 21.2. The SMILES string of the molecule is CC(=C1[C@H]2C=C[C@H]1[C@H]1C(=O)N(c3cccc(C(F)(F)F)c3)C(=O)[C@H]12)c1ccccc1. The summed E-state index contributed by atoms with van der Waals surface area (Å²) in [5.74, 6) is -2.36. The van der Waals surface area contributed by atoms with Gasteiger partial charge in [0.1, 0.15) is 0 Å². The number of alkyl halides is 3. The summed E-state index contributed by atoms with van der Waals surface area (Å²) >= 11 is 0. The van der Waals surface area contributed by atoms with Gasteiger partial charge in [-0.15, -0.1) is 0 Å². The molecule has 6 heteroatoms. The fraction of sp³-hybridized carbons (Fsp3) is 0.250. The molecule has 3 aliphatic rings. The van der Waals surface area contributed by atoms with Gasteiger partial charge in [0.25, 0.3) is 0 Å². The summed E-state index contributed by atoms with van der Waals surface area (Å²) in [6, 6.07) is 14.2. The Hall–Kier alpha value is -3.15. The van der Waals surface area contributed by atoms with Gasteiger partial charge in [0.05, 0.1) is 23.1 Å². The van der Waals surface area contributed by atoms with E-state index in [4.69, 9.17) is 0 Å². The number of halogens is 3. The number of hydrogen-bond acceptors (Lipinski definition) is 2. The summed E-state index contributed by atoms with van der Waals surface area (Å²) in [5.41, 5.74) is 2.27. The van der Waals surface area contributed by atoms with E-state index < -0.39 is 35.4 Å². The molecule has 1 heterocycles. The lowest BCUT2D eigenvalue weighted by molar-refractivity contribution is -0.137. The summed E-state index contributed by atoms with van der Waals surface area (Å²) in [7, 11) is 0. The first-order valence-corrected chi connectivity index (χ1v) is 9.78. The first-order valence-electron chi connectivity index (χ1n) is 9.78. The molecule has 2 fully saturated rings. The van der Waals surface area contributed by atoms with Crippen LogP contribution in [-0.4, -0.2) is 11.8 Å². The molecule has 0 spiro atoms. The van der Waals surface area contributed by atoms with E-state index in [0.29, 0.717) is 0 Å². The second-order valence-corrected chi connectivity index (χ2v) is 7.99. The van der Waals surface area contributed by atoms with E-state index in [2.05, 4.69) is 0 Å². The third-order valence-electron chi connectivity index (χ3n) is 6.49. The predicted molar refractivity (Wildman–Crippen MR) is 106 cm³/mol. The largest absolute Gasteiger partial charge is 0.416 e. The molecule has 3 nitrogen and oxygen atoms in total. The van der Waals surface area contributed by atoms with Crippen LogP contribution in [0.1, 0.15) is 18.1 Å². The molecule has 2 bridgehead atoms. The first-order chi connectivity index (χ1) is 14.3. The Morgan fingerprint density at radius 3 is 2.03 bits per heavy atom. The second kappa shape index (κ2) is 6.42. The predicted octanol–water partition coefficient (Wildman–Crippen LogP) is 5.10. The van der Waals surface area contributed by atoms with Crippen LogP contribution in [0.3, 0.4) is 0 Å². The Labute approximate surface area is 171 Å². The summed E-state index contributed by atoms with van der Waals surface area (Å²) in [6.07, 6.45) is -0.607. The highest BCUT2D eigenvalue weighted by Gasteiger charge is 2.62. The third kappa shape index (κ3) is 2.59. The van der Waals surface area contributed by atoms with Gasteiger partial charge in [0, 0.05) is 11.8 Å². The van der Waals surface area contributed by atoms with Gasteiger partial charge in [-0.05, 0) is 36.3 Å². The quantitative estimate of drug-likeness (QED) is 0.511. The average molecular weight is 409 g/mol. The number of rotatable bonds is 2. The summed E-state index contributed by atoms with van der Waals surface area (Å²) in [6.45, 7) is 2.00. The number of carbonyl (C=O) groups excluding carboxylic acids is 2. The fourth-order valence-electron chi connectivity index (χ4n) is 5.19. The number of anilines is 1. The van der Waals surface area contributed by atoms with Crippen molar-refractivity contribution in [2.24, 2.45) is 23.7 Å². The van der Waals surface area contributed by atoms with E-state index in [1.807, 2.05) is 49.4 Å². The Kier molecular flexibility index (Phi) is 4.04. The van der Waals surface area contributed by atoms with Crippen LogP contribution >= 0.6 is 0 Å². The highest BCUT2D eigenvalue weighted by Crippen LogP contribution is 2.58. The van der Waals surface area contributed by atoms with Crippen molar-refractivity contribution in [3.63, 3.8) is 0 Å². The van der Waals surface area contributed by atoms with E-state index in [1.165, 1.54) is 12.1 Å². The van der Waals surface area contributed by atoms with Gasteiger partial charge < -0.3 is 0 Å². The lowest BCUT2D eigenvalue weighted by Gasteiger charge is -2.21. The maximum absolute atomic E-state index is 13.2. The molecule has 4 atom stereocenters. The van der Waals surface area contributed by atoms with Crippen molar-refractivity contribution in [2.45, 2.75) is 13.1 Å². The van der Waals surface area contributed by atoms with Crippen LogP contribution in [0.2, 0.25) is 0 Å². The normalized spacial score (nSPS) is 29.0. The minimum atomic E-state index is -4.54. The molecule has 0 N–H and O–H groups in total. The van der Waals surface area contributed by atoms with E-state index in [-0.39, 0.29) is 17.5 Å². The lowest BCUT2D eigenvalue weighted by Crippen LogP contribution is -2.33. The van der Waals surface area contributed by atoms with E-state index in [1.54, 1.807) is 0 Å². The summed E-state index contributed by atoms with van der Waals surface area (Å²) in [5, 5.41) is 0. The maximum Gasteiger partial charge on any atom is 0.416 e. The molecule has 0 radical (unpaired) electrons. The first kappa shape index (κ1) is 18.9. The van der Waals surface area contributed by atoms with Crippen molar-refractivity contribution in [3.8, 4) is 0 Å². The topological polar surface area (TPSA) is 37.4 Å². The molecule has 5 rings (SSSR count). The second-order valence-electron chi connectivity index (χ2n) is 7.99. The Balaban J connectivity index is 1.53. The van der Waals surface area contributed by atoms with Gasteiger partial charge in [0.15, 0.2) is 0 Å². The molecule has 0 unspecified atom stereocenters. The molecule has 1 saturated carbocycles. The number of carbonyl (C=O) groups is 2. The van der Waals surface area contributed by atoms with Gasteiger partial charge in [-0.3, -0.25) is 9.59 Å². The van der Waals surface area contributed by atoms with E-state index >= 15 is 0 Å². The fourth-order valence-corrected chi connectivity index (χ4v) is 5.19. The highest BCUT2D eigenvalue weighted by molar-refractivity contribution is 6.23. The number of benzene rings is 2. The van der Waals surface area contributed by atoms with Crippen LogP contribution in [0.5, 0.6) is 0 Å². The molecule has 1 saturated heterocycles. The van der Waals surface area contributed by atoms with Gasteiger partial charge in [0.2, 0.25) is 11.8 Å². The van der Waals surface area contributed by atoms with E-state index in [0.717, 1.165) is 33.7 Å². The molecule has 2 aromatic carbocycles. The van der Waals surface area contributed by atoms with Crippen molar-refractivity contribution >= 4 is 23.1 Å². The molecule has 2 aromatic rings. The Bertz CT molecular complexity index is 1080. The van der Waals surface area contributed by atoms with Crippen LogP contribution in [0.15, 0.2) is 72.3 Å². The van der Waals surface area contributed by atoms with Gasteiger partial charge in [-0.1, -0.05) is 54.1 Å². The minimum Gasteiger partial charge on any atom is -0.274 e. The number of nitrogens with zero attached hydrogens (tertiary/aromatic N) is 1. The maximum atomic E-state index is 13.2. The molecule has 152 valence electrons. The monoisotopic (exact) mass is 409 g/mol. The minimum absolute atomic E-state index is 0.0149. The highest BCUT2D eigenvalue weighted by atomic mass is 19.4. The number of hydrogen-bond donors (Lipinski definition) is 0. The van der Waals surface area contributed by atoms with Crippen LogP contribution in [0.4, 0.5) is 18.9 Å². The lowest BCUT2D eigenvalue weighted by atomic mass is 9.85. The van der Waals surface area contributed by atoms with Crippen molar-refractivity contribution in [3.05, 3.63) is 83.4 Å². The van der Waals surface area contributed by atoms with Gasteiger partial charge >= 0.3 is 6.18 Å². The van der Waals surface area contributed by atoms with Crippen LogP contribution in [-0.2, 0) is 15.8 Å². The molecule has 1 aliphatic heterocycles. The Morgan fingerprint density at radius 1 is 0.867 bits per heavy atom.